The Labute approximate surface area is 169 Å². The number of anilines is 1. The second kappa shape index (κ2) is 19.1. The quantitative estimate of drug-likeness (QED) is 0.212. The molecule has 0 saturated carbocycles. The van der Waals surface area contributed by atoms with Crippen LogP contribution in [0.1, 0.15) is 115 Å². The fourth-order valence-electron chi connectivity index (χ4n) is 3.63. The van der Waals surface area contributed by atoms with Crippen molar-refractivity contribution < 1.29 is 0 Å². The number of unbranched alkanes of at least 4 members (excludes halogenated alkanes) is 15. The van der Waals surface area contributed by atoms with Crippen molar-refractivity contribution in [3.8, 4) is 0 Å². The van der Waals surface area contributed by atoms with Crippen LogP contribution in [0.15, 0.2) is 24.3 Å². The van der Waals surface area contributed by atoms with E-state index in [1.54, 1.807) is 0 Å². The van der Waals surface area contributed by atoms with Crippen molar-refractivity contribution in [1.29, 1.82) is 0 Å². The second-order valence-corrected chi connectivity index (χ2v) is 7.75. The van der Waals surface area contributed by atoms with Crippen molar-refractivity contribution in [1.82, 2.24) is 0 Å². The van der Waals surface area contributed by atoms with Crippen molar-refractivity contribution in [3.05, 3.63) is 29.8 Å². The molecule has 0 unspecified atom stereocenters. The zero-order valence-corrected chi connectivity index (χ0v) is 18.1. The van der Waals surface area contributed by atoms with Gasteiger partial charge in [-0.05, 0) is 24.5 Å². The Morgan fingerprint density at radius 2 is 0.962 bits per heavy atom. The highest BCUT2D eigenvalue weighted by atomic mass is 35.5. The lowest BCUT2D eigenvalue weighted by molar-refractivity contribution is 0.529. The molecule has 1 aromatic carbocycles. The lowest BCUT2D eigenvalue weighted by Gasteiger charge is -2.05. The van der Waals surface area contributed by atoms with E-state index in [4.69, 9.17) is 5.73 Å². The van der Waals surface area contributed by atoms with Gasteiger partial charge in [0.15, 0.2) is 0 Å². The second-order valence-electron chi connectivity index (χ2n) is 7.75. The summed E-state index contributed by atoms with van der Waals surface area (Å²) < 4.78 is 0. The molecular weight excluding hydrogens is 338 g/mol. The molecule has 0 bridgehead atoms. The number of benzene rings is 1. The fourth-order valence-corrected chi connectivity index (χ4v) is 3.63. The van der Waals surface area contributed by atoms with Crippen LogP contribution in [0.3, 0.4) is 0 Å². The van der Waals surface area contributed by atoms with E-state index in [0.717, 1.165) is 12.1 Å². The van der Waals surface area contributed by atoms with Gasteiger partial charge >= 0.3 is 0 Å². The van der Waals surface area contributed by atoms with E-state index in [-0.39, 0.29) is 12.4 Å². The standard InChI is InChI=1S/C24H43N.ClH/c1-2-3-4-5-6-7-8-9-10-11-12-13-14-15-16-17-20-23-21-18-19-22-24(23)25;/h18-19,21-22H,2-17,20,25H2,1H3;1H. The molecule has 0 amide bonds. The van der Waals surface area contributed by atoms with E-state index in [9.17, 15) is 0 Å². The number of rotatable bonds is 17. The number of halogens is 1. The predicted octanol–water partition coefficient (Wildman–Crippen LogP) is 8.49. The molecule has 0 aliphatic heterocycles. The van der Waals surface area contributed by atoms with Gasteiger partial charge in [-0.25, -0.2) is 0 Å². The summed E-state index contributed by atoms with van der Waals surface area (Å²) in [6.45, 7) is 2.29. The van der Waals surface area contributed by atoms with Gasteiger partial charge in [-0.3, -0.25) is 0 Å². The lowest BCUT2D eigenvalue weighted by Crippen LogP contribution is -1.93. The molecule has 0 spiro atoms. The van der Waals surface area contributed by atoms with Gasteiger partial charge in [0, 0.05) is 5.69 Å². The highest BCUT2D eigenvalue weighted by molar-refractivity contribution is 5.85. The summed E-state index contributed by atoms with van der Waals surface area (Å²) in [5.74, 6) is 0. The fraction of sp³-hybridized carbons (Fsp3) is 0.750. The van der Waals surface area contributed by atoms with Crippen LogP contribution in [0.5, 0.6) is 0 Å². The first-order valence-corrected chi connectivity index (χ1v) is 11.2. The minimum absolute atomic E-state index is 0. The average Bonchev–Trinajstić information content (AvgIpc) is 2.63. The van der Waals surface area contributed by atoms with Gasteiger partial charge in [-0.15, -0.1) is 12.4 Å². The topological polar surface area (TPSA) is 26.0 Å². The third kappa shape index (κ3) is 14.5. The summed E-state index contributed by atoms with van der Waals surface area (Å²) in [7, 11) is 0. The van der Waals surface area contributed by atoms with Crippen molar-refractivity contribution in [2.24, 2.45) is 0 Å². The molecule has 0 saturated heterocycles. The normalized spacial score (nSPS) is 10.7. The van der Waals surface area contributed by atoms with Crippen LogP contribution in [-0.2, 0) is 6.42 Å². The Bertz CT molecular complexity index is 405. The Balaban J connectivity index is 0.00000625. The molecule has 0 aliphatic carbocycles. The van der Waals surface area contributed by atoms with E-state index in [1.807, 2.05) is 12.1 Å². The molecule has 1 nitrogen and oxygen atoms in total. The van der Waals surface area contributed by atoms with E-state index in [2.05, 4.69) is 19.1 Å². The molecule has 0 aromatic heterocycles. The number of para-hydroxylation sites is 1. The van der Waals surface area contributed by atoms with Crippen LogP contribution in [0.2, 0.25) is 0 Å². The van der Waals surface area contributed by atoms with Crippen LogP contribution in [0, 0.1) is 0 Å². The summed E-state index contributed by atoms with van der Waals surface area (Å²) in [5.41, 5.74) is 8.28. The van der Waals surface area contributed by atoms with Crippen LogP contribution in [-0.4, -0.2) is 0 Å². The first-order valence-electron chi connectivity index (χ1n) is 11.2. The summed E-state index contributed by atoms with van der Waals surface area (Å²) in [6.07, 6.45) is 24.0. The van der Waals surface area contributed by atoms with Gasteiger partial charge in [0.05, 0.1) is 0 Å². The molecular formula is C24H44ClN. The van der Waals surface area contributed by atoms with E-state index < -0.39 is 0 Å². The molecule has 0 atom stereocenters. The molecule has 2 heteroatoms. The summed E-state index contributed by atoms with van der Waals surface area (Å²) >= 11 is 0. The molecule has 0 heterocycles. The SMILES string of the molecule is CCCCCCCCCCCCCCCCCCc1ccccc1N.Cl. The predicted molar refractivity (Wildman–Crippen MR) is 121 cm³/mol. The highest BCUT2D eigenvalue weighted by Gasteiger charge is 1.98. The molecule has 0 aliphatic rings. The van der Waals surface area contributed by atoms with E-state index >= 15 is 0 Å². The van der Waals surface area contributed by atoms with Crippen molar-refractivity contribution in [2.75, 3.05) is 5.73 Å². The zero-order valence-electron chi connectivity index (χ0n) is 17.3. The monoisotopic (exact) mass is 381 g/mol. The Kier molecular flexibility index (Phi) is 18.6. The Morgan fingerprint density at radius 3 is 1.38 bits per heavy atom. The molecule has 0 fully saturated rings. The molecule has 2 N–H and O–H groups in total. The van der Waals surface area contributed by atoms with Gasteiger partial charge in [-0.1, -0.05) is 121 Å². The van der Waals surface area contributed by atoms with Gasteiger partial charge in [0.25, 0.3) is 0 Å². The van der Waals surface area contributed by atoms with E-state index in [0.29, 0.717) is 0 Å². The van der Waals surface area contributed by atoms with Crippen molar-refractivity contribution in [3.63, 3.8) is 0 Å². The van der Waals surface area contributed by atoms with Crippen molar-refractivity contribution in [2.45, 2.75) is 116 Å². The minimum atomic E-state index is 0. The summed E-state index contributed by atoms with van der Waals surface area (Å²) in [6, 6.07) is 8.30. The summed E-state index contributed by atoms with van der Waals surface area (Å²) in [5, 5.41) is 0. The Morgan fingerprint density at radius 1 is 0.577 bits per heavy atom. The minimum Gasteiger partial charge on any atom is -0.399 e. The van der Waals surface area contributed by atoms with Gasteiger partial charge in [0.1, 0.15) is 0 Å². The number of nitrogens with two attached hydrogens (primary N) is 1. The molecule has 1 aromatic rings. The largest absolute Gasteiger partial charge is 0.399 e. The van der Waals surface area contributed by atoms with Crippen molar-refractivity contribution >= 4 is 18.1 Å². The summed E-state index contributed by atoms with van der Waals surface area (Å²) in [4.78, 5) is 0. The van der Waals surface area contributed by atoms with E-state index in [1.165, 1.54) is 108 Å². The molecule has 1 rings (SSSR count). The first-order chi connectivity index (χ1) is 12.3. The number of hydrogen-bond donors (Lipinski definition) is 1. The maximum absolute atomic E-state index is 5.99. The average molecular weight is 382 g/mol. The number of aryl methyl sites for hydroxylation is 1. The first kappa shape index (κ1) is 25.3. The number of hydrogen-bond acceptors (Lipinski definition) is 1. The van der Waals surface area contributed by atoms with Crippen LogP contribution in [0.4, 0.5) is 5.69 Å². The lowest BCUT2D eigenvalue weighted by atomic mass is 10.0. The van der Waals surface area contributed by atoms with Crippen LogP contribution >= 0.6 is 12.4 Å². The highest BCUT2D eigenvalue weighted by Crippen LogP contribution is 2.16. The third-order valence-corrected chi connectivity index (χ3v) is 5.35. The maximum atomic E-state index is 5.99. The zero-order chi connectivity index (χ0) is 18.0. The third-order valence-electron chi connectivity index (χ3n) is 5.35. The number of nitrogen functional groups attached to an aromatic ring is 1. The van der Waals surface area contributed by atoms with Gasteiger partial charge in [0.2, 0.25) is 0 Å². The molecule has 26 heavy (non-hydrogen) atoms. The molecule has 152 valence electrons. The Hall–Kier alpha value is -0.690. The van der Waals surface area contributed by atoms with Gasteiger partial charge in [-0.2, -0.15) is 0 Å². The van der Waals surface area contributed by atoms with Crippen LogP contribution < -0.4 is 5.73 Å². The maximum Gasteiger partial charge on any atom is 0.0346 e. The smallest absolute Gasteiger partial charge is 0.0346 e. The van der Waals surface area contributed by atoms with Gasteiger partial charge < -0.3 is 5.73 Å². The van der Waals surface area contributed by atoms with Crippen LogP contribution in [0.25, 0.3) is 0 Å². The molecule has 0 radical (unpaired) electrons.